The van der Waals surface area contributed by atoms with E-state index in [4.69, 9.17) is 10.5 Å². The van der Waals surface area contributed by atoms with E-state index < -0.39 is 0 Å². The van der Waals surface area contributed by atoms with Gasteiger partial charge in [-0.05, 0) is 44.4 Å². The van der Waals surface area contributed by atoms with Gasteiger partial charge in [0, 0.05) is 12.5 Å². The topological polar surface area (TPSA) is 52.3 Å². The molecular formula is C13H25NO2. The summed E-state index contributed by atoms with van der Waals surface area (Å²) in [7, 11) is 0. The molecule has 4 unspecified atom stereocenters. The molecule has 0 heterocycles. The smallest absolute Gasteiger partial charge is 0.306 e. The molecule has 0 saturated heterocycles. The summed E-state index contributed by atoms with van der Waals surface area (Å²) >= 11 is 0. The van der Waals surface area contributed by atoms with E-state index in [1.54, 1.807) is 0 Å². The third kappa shape index (κ3) is 4.52. The molecule has 0 aromatic carbocycles. The Morgan fingerprint density at radius 2 is 2.06 bits per heavy atom. The summed E-state index contributed by atoms with van der Waals surface area (Å²) in [6.45, 7) is 6.43. The van der Waals surface area contributed by atoms with Gasteiger partial charge in [0.2, 0.25) is 0 Å². The van der Waals surface area contributed by atoms with Crippen LogP contribution in [-0.2, 0) is 9.53 Å². The van der Waals surface area contributed by atoms with Gasteiger partial charge in [0.25, 0.3) is 0 Å². The summed E-state index contributed by atoms with van der Waals surface area (Å²) in [6, 6.07) is 0.0813. The maximum Gasteiger partial charge on any atom is 0.306 e. The molecule has 94 valence electrons. The molecule has 3 nitrogen and oxygen atoms in total. The number of carbonyl (C=O) groups is 1. The quantitative estimate of drug-likeness (QED) is 0.751. The van der Waals surface area contributed by atoms with E-state index in [1.165, 1.54) is 6.42 Å². The van der Waals surface area contributed by atoms with E-state index in [9.17, 15) is 4.79 Å². The van der Waals surface area contributed by atoms with Gasteiger partial charge in [0.1, 0.15) is 6.10 Å². The number of hydrogen-bond acceptors (Lipinski definition) is 3. The van der Waals surface area contributed by atoms with Gasteiger partial charge in [-0.15, -0.1) is 0 Å². The van der Waals surface area contributed by atoms with Crippen LogP contribution in [0.2, 0.25) is 0 Å². The second kappa shape index (κ2) is 6.24. The Labute approximate surface area is 98.7 Å². The fraction of sp³-hybridized carbons (Fsp3) is 0.923. The lowest BCUT2D eigenvalue weighted by Crippen LogP contribution is -2.29. The summed E-state index contributed by atoms with van der Waals surface area (Å²) < 4.78 is 5.47. The minimum atomic E-state index is -0.0796. The normalized spacial score (nSPS) is 32.1. The first-order valence-corrected chi connectivity index (χ1v) is 6.44. The van der Waals surface area contributed by atoms with Gasteiger partial charge in [-0.3, -0.25) is 4.79 Å². The number of nitrogens with two attached hydrogens (primary N) is 1. The fourth-order valence-electron chi connectivity index (χ4n) is 2.20. The summed E-state index contributed by atoms with van der Waals surface area (Å²) in [5.74, 6) is 1.35. The van der Waals surface area contributed by atoms with Crippen molar-refractivity contribution in [3.63, 3.8) is 0 Å². The van der Waals surface area contributed by atoms with Crippen LogP contribution in [0.1, 0.15) is 52.9 Å². The second-order valence-corrected chi connectivity index (χ2v) is 5.40. The summed E-state index contributed by atoms with van der Waals surface area (Å²) in [5.41, 5.74) is 5.61. The van der Waals surface area contributed by atoms with Crippen molar-refractivity contribution in [3.05, 3.63) is 0 Å². The van der Waals surface area contributed by atoms with Crippen LogP contribution in [0, 0.1) is 11.8 Å². The van der Waals surface area contributed by atoms with Crippen LogP contribution in [0.15, 0.2) is 0 Å². The van der Waals surface area contributed by atoms with Crippen LogP contribution in [0.3, 0.4) is 0 Å². The number of ether oxygens (including phenoxy) is 1. The Kier molecular flexibility index (Phi) is 5.26. The molecule has 1 aliphatic carbocycles. The van der Waals surface area contributed by atoms with Crippen molar-refractivity contribution in [2.75, 3.05) is 0 Å². The van der Waals surface area contributed by atoms with Gasteiger partial charge >= 0.3 is 5.97 Å². The zero-order valence-electron chi connectivity index (χ0n) is 10.7. The predicted octanol–water partition coefficient (Wildman–Crippen LogP) is 2.48. The zero-order valence-corrected chi connectivity index (χ0v) is 10.7. The molecule has 1 saturated carbocycles. The Balaban J connectivity index is 2.24. The Bertz CT molecular complexity index is 228. The average Bonchev–Trinajstić information content (AvgIpc) is 2.21. The van der Waals surface area contributed by atoms with Gasteiger partial charge in [0.05, 0.1) is 0 Å². The van der Waals surface area contributed by atoms with Crippen molar-refractivity contribution < 1.29 is 9.53 Å². The number of rotatable bonds is 4. The van der Waals surface area contributed by atoms with Gasteiger partial charge < -0.3 is 10.5 Å². The van der Waals surface area contributed by atoms with E-state index in [0.29, 0.717) is 12.3 Å². The van der Waals surface area contributed by atoms with Crippen molar-refractivity contribution in [1.82, 2.24) is 0 Å². The molecular weight excluding hydrogens is 202 g/mol. The molecule has 0 amide bonds. The number of carbonyl (C=O) groups excluding carboxylic acids is 1. The largest absolute Gasteiger partial charge is 0.462 e. The first kappa shape index (κ1) is 13.5. The van der Waals surface area contributed by atoms with E-state index in [1.807, 2.05) is 6.92 Å². The number of hydrogen-bond donors (Lipinski definition) is 1. The van der Waals surface area contributed by atoms with Gasteiger partial charge in [-0.25, -0.2) is 0 Å². The minimum Gasteiger partial charge on any atom is -0.462 e. The van der Waals surface area contributed by atoms with Gasteiger partial charge in [0.15, 0.2) is 0 Å². The lowest BCUT2D eigenvalue weighted by Gasteiger charge is -2.31. The maximum atomic E-state index is 11.5. The Hall–Kier alpha value is -0.570. The number of esters is 1. The lowest BCUT2D eigenvalue weighted by atomic mass is 9.80. The van der Waals surface area contributed by atoms with E-state index in [-0.39, 0.29) is 18.1 Å². The van der Waals surface area contributed by atoms with Crippen molar-refractivity contribution in [2.45, 2.75) is 65.0 Å². The van der Waals surface area contributed by atoms with Gasteiger partial charge in [-0.1, -0.05) is 13.8 Å². The van der Waals surface area contributed by atoms with Crippen LogP contribution < -0.4 is 5.73 Å². The highest BCUT2D eigenvalue weighted by atomic mass is 16.5. The Morgan fingerprint density at radius 1 is 1.38 bits per heavy atom. The maximum absolute atomic E-state index is 11.5. The van der Waals surface area contributed by atoms with Crippen molar-refractivity contribution in [3.8, 4) is 0 Å². The molecule has 2 N–H and O–H groups in total. The highest BCUT2D eigenvalue weighted by Gasteiger charge is 2.26. The third-order valence-electron chi connectivity index (χ3n) is 3.65. The molecule has 4 atom stereocenters. The molecule has 0 bridgehead atoms. The second-order valence-electron chi connectivity index (χ2n) is 5.40. The van der Waals surface area contributed by atoms with E-state index in [2.05, 4.69) is 13.8 Å². The summed E-state index contributed by atoms with van der Waals surface area (Å²) in [6.07, 6.45) is 4.54. The average molecular weight is 227 g/mol. The minimum absolute atomic E-state index is 0.0796. The van der Waals surface area contributed by atoms with Crippen LogP contribution >= 0.6 is 0 Å². The molecule has 1 rings (SSSR count). The molecule has 0 aromatic rings. The fourth-order valence-corrected chi connectivity index (χ4v) is 2.20. The van der Waals surface area contributed by atoms with Crippen molar-refractivity contribution >= 4 is 5.97 Å². The summed E-state index contributed by atoms with van der Waals surface area (Å²) in [5, 5.41) is 0. The monoisotopic (exact) mass is 227 g/mol. The van der Waals surface area contributed by atoms with Crippen LogP contribution in [0.25, 0.3) is 0 Å². The van der Waals surface area contributed by atoms with E-state index >= 15 is 0 Å². The molecule has 16 heavy (non-hydrogen) atoms. The molecule has 0 spiro atoms. The first-order chi connectivity index (χ1) is 7.49. The molecule has 0 aromatic heterocycles. The first-order valence-electron chi connectivity index (χ1n) is 6.44. The SMILES string of the molecule is CC(N)CCC(=O)OC1CCC(C)C(C)C1. The van der Waals surface area contributed by atoms with Crippen LogP contribution in [0.5, 0.6) is 0 Å². The standard InChI is InChI=1S/C13H25NO2/c1-9-4-6-12(8-10(9)2)16-13(15)7-5-11(3)14/h9-12H,4-8,14H2,1-3H3. The highest BCUT2D eigenvalue weighted by molar-refractivity contribution is 5.69. The Morgan fingerprint density at radius 3 is 2.62 bits per heavy atom. The predicted molar refractivity (Wildman–Crippen MR) is 64.9 cm³/mol. The van der Waals surface area contributed by atoms with Crippen LogP contribution in [-0.4, -0.2) is 18.1 Å². The molecule has 1 aliphatic rings. The lowest BCUT2D eigenvalue weighted by molar-refractivity contribution is -0.152. The zero-order chi connectivity index (χ0) is 12.1. The van der Waals surface area contributed by atoms with Crippen molar-refractivity contribution in [1.29, 1.82) is 0 Å². The molecule has 0 radical (unpaired) electrons. The van der Waals surface area contributed by atoms with Crippen molar-refractivity contribution in [2.24, 2.45) is 17.6 Å². The molecule has 1 fully saturated rings. The van der Waals surface area contributed by atoms with E-state index in [0.717, 1.165) is 25.2 Å². The van der Waals surface area contributed by atoms with Crippen LogP contribution in [0.4, 0.5) is 0 Å². The molecule has 0 aliphatic heterocycles. The summed E-state index contributed by atoms with van der Waals surface area (Å²) in [4.78, 5) is 11.5. The van der Waals surface area contributed by atoms with Gasteiger partial charge in [-0.2, -0.15) is 0 Å². The third-order valence-corrected chi connectivity index (χ3v) is 3.65. The highest BCUT2D eigenvalue weighted by Crippen LogP contribution is 2.31. The molecule has 3 heteroatoms.